The van der Waals surface area contributed by atoms with Gasteiger partial charge in [0.2, 0.25) is 11.9 Å². The maximum atomic E-state index is 9.84. The molecule has 2 aromatic heterocycles. The van der Waals surface area contributed by atoms with E-state index in [9.17, 15) is 10.5 Å². The van der Waals surface area contributed by atoms with E-state index in [1.807, 2.05) is 6.07 Å². The van der Waals surface area contributed by atoms with E-state index in [2.05, 4.69) is 59.5 Å². The monoisotopic (exact) mass is 559 g/mol. The molecular formula is C27H30ClN11O. The molecule has 40 heavy (non-hydrogen) atoms. The van der Waals surface area contributed by atoms with Crippen LogP contribution in [-0.4, -0.2) is 99.5 Å². The lowest BCUT2D eigenvalue weighted by atomic mass is 10.00. The van der Waals surface area contributed by atoms with Crippen molar-refractivity contribution in [1.82, 2.24) is 29.4 Å². The number of nitrogens with one attached hydrogen (secondary N) is 2. The molecule has 3 aliphatic heterocycles. The lowest BCUT2D eigenvalue weighted by molar-refractivity contribution is -0.111. The molecule has 4 aliphatic rings. The highest BCUT2D eigenvalue weighted by Crippen LogP contribution is 2.38. The van der Waals surface area contributed by atoms with Crippen LogP contribution in [0, 0.1) is 22.7 Å². The molecule has 0 amide bonds. The summed E-state index contributed by atoms with van der Waals surface area (Å²) >= 11 is 7.00. The number of nitrogens with zero attached hydrogens (tertiary/aromatic N) is 9. The molecule has 1 atom stereocenters. The molecular weight excluding hydrogens is 530 g/mol. The summed E-state index contributed by atoms with van der Waals surface area (Å²) in [5.41, 5.74) is 2.61. The second-order valence-corrected chi connectivity index (χ2v) is 11.5. The zero-order chi connectivity index (χ0) is 27.4. The summed E-state index contributed by atoms with van der Waals surface area (Å²) in [6, 6.07) is 9.71. The Balaban J connectivity index is 1.13. The van der Waals surface area contributed by atoms with E-state index >= 15 is 0 Å². The number of fused-ring (bicyclic) bond motifs is 1. The van der Waals surface area contributed by atoms with E-state index < -0.39 is 0 Å². The van der Waals surface area contributed by atoms with Crippen molar-refractivity contribution in [3.63, 3.8) is 0 Å². The molecule has 12 nitrogen and oxygen atoms in total. The van der Waals surface area contributed by atoms with Crippen molar-refractivity contribution in [2.75, 3.05) is 61.5 Å². The zero-order valence-corrected chi connectivity index (χ0v) is 23.0. The van der Waals surface area contributed by atoms with Crippen LogP contribution < -0.4 is 15.5 Å². The standard InChI is InChI=1S/C27H30ClN11O/c1-16-11-36(20-12-37(13-20)21-14-40-15-21)4-5-38(16)23-7-17(8-29)6-22(24(23)28)33-26-34-25-18(9-30)10-31-39(25)27(35-26)32-19-2-3-19/h6-7,10,16,19-21H,2-5,11-15H2,1H3,(H2,32,33,34,35)/t16-/m0/s1. The van der Waals surface area contributed by atoms with Gasteiger partial charge in [0.1, 0.15) is 11.6 Å². The highest BCUT2D eigenvalue weighted by Gasteiger charge is 2.40. The largest absolute Gasteiger partial charge is 0.378 e. The smallest absolute Gasteiger partial charge is 0.232 e. The summed E-state index contributed by atoms with van der Waals surface area (Å²) in [5.74, 6) is 0.785. The third kappa shape index (κ3) is 4.57. The second kappa shape index (κ2) is 10.1. The van der Waals surface area contributed by atoms with E-state index in [4.69, 9.17) is 16.3 Å². The van der Waals surface area contributed by atoms with Crippen LogP contribution in [0.2, 0.25) is 5.02 Å². The van der Waals surface area contributed by atoms with Crippen molar-refractivity contribution in [1.29, 1.82) is 10.5 Å². The zero-order valence-electron chi connectivity index (χ0n) is 22.2. The normalized spacial score (nSPS) is 22.4. The first kappa shape index (κ1) is 25.3. The fourth-order valence-electron chi connectivity index (χ4n) is 5.74. The summed E-state index contributed by atoms with van der Waals surface area (Å²) in [6.45, 7) is 8.83. The van der Waals surface area contributed by atoms with Crippen LogP contribution in [-0.2, 0) is 4.74 Å². The summed E-state index contributed by atoms with van der Waals surface area (Å²) in [5, 5.41) is 30.8. The van der Waals surface area contributed by atoms with Gasteiger partial charge in [-0.2, -0.15) is 30.1 Å². The maximum absolute atomic E-state index is 9.84. The lowest BCUT2D eigenvalue weighted by Gasteiger charge is -2.53. The molecule has 5 heterocycles. The Kier molecular flexibility index (Phi) is 6.36. The van der Waals surface area contributed by atoms with Gasteiger partial charge in [-0.1, -0.05) is 11.6 Å². The Bertz CT molecular complexity index is 1530. The first-order chi connectivity index (χ1) is 19.5. The molecule has 2 N–H and O–H groups in total. The number of hydrogen-bond donors (Lipinski definition) is 2. The van der Waals surface area contributed by atoms with E-state index in [-0.39, 0.29) is 12.0 Å². The van der Waals surface area contributed by atoms with Crippen LogP contribution in [0.25, 0.3) is 5.65 Å². The molecule has 7 rings (SSSR count). The molecule has 1 aliphatic carbocycles. The molecule has 3 aromatic rings. The summed E-state index contributed by atoms with van der Waals surface area (Å²) in [7, 11) is 0. The molecule has 0 bridgehead atoms. The predicted molar refractivity (Wildman–Crippen MR) is 150 cm³/mol. The number of nitriles is 2. The van der Waals surface area contributed by atoms with Gasteiger partial charge >= 0.3 is 0 Å². The Morgan fingerprint density at radius 1 is 1.02 bits per heavy atom. The number of halogens is 1. The van der Waals surface area contributed by atoms with Gasteiger partial charge in [-0.3, -0.25) is 9.80 Å². The van der Waals surface area contributed by atoms with Crippen molar-refractivity contribution in [2.45, 2.75) is 43.9 Å². The van der Waals surface area contributed by atoms with Gasteiger partial charge in [0.25, 0.3) is 0 Å². The first-order valence-corrected chi connectivity index (χ1v) is 14.1. The second-order valence-electron chi connectivity index (χ2n) is 11.1. The van der Waals surface area contributed by atoms with Crippen LogP contribution in [0.4, 0.5) is 23.3 Å². The SMILES string of the molecule is C[C@H]1CN(C2CN(C3COC3)C2)CCN1c1cc(C#N)cc(Nc2nc(NC3CC3)n3ncc(C#N)c3n2)c1Cl. The molecule has 3 saturated heterocycles. The Morgan fingerprint density at radius 3 is 2.52 bits per heavy atom. The summed E-state index contributed by atoms with van der Waals surface area (Å²) in [6.07, 6.45) is 3.59. The number of hydrogen-bond acceptors (Lipinski definition) is 11. The topological polar surface area (TPSA) is 134 Å². The minimum Gasteiger partial charge on any atom is -0.378 e. The summed E-state index contributed by atoms with van der Waals surface area (Å²) < 4.78 is 6.89. The number of aromatic nitrogens is 4. The van der Waals surface area contributed by atoms with Gasteiger partial charge in [-0.15, -0.1) is 0 Å². The molecule has 1 saturated carbocycles. The van der Waals surface area contributed by atoms with Crippen LogP contribution in [0.5, 0.6) is 0 Å². The van der Waals surface area contributed by atoms with Gasteiger partial charge in [0.15, 0.2) is 5.65 Å². The maximum Gasteiger partial charge on any atom is 0.232 e. The van der Waals surface area contributed by atoms with Gasteiger partial charge in [0.05, 0.1) is 53.5 Å². The van der Waals surface area contributed by atoms with Gasteiger partial charge in [-0.05, 0) is 31.9 Å². The fourth-order valence-corrected chi connectivity index (χ4v) is 6.00. The Hall–Kier alpha value is -3.68. The summed E-state index contributed by atoms with van der Waals surface area (Å²) in [4.78, 5) is 16.6. The predicted octanol–water partition coefficient (Wildman–Crippen LogP) is 2.43. The molecule has 0 radical (unpaired) electrons. The Labute approximate surface area is 237 Å². The lowest BCUT2D eigenvalue weighted by Crippen LogP contribution is -2.68. The number of likely N-dealkylation sites (tertiary alicyclic amines) is 1. The molecule has 1 aromatic carbocycles. The number of rotatable bonds is 7. The average Bonchev–Trinajstić information content (AvgIpc) is 3.62. The van der Waals surface area contributed by atoms with Crippen LogP contribution >= 0.6 is 11.6 Å². The quantitative estimate of drug-likeness (QED) is 0.442. The van der Waals surface area contributed by atoms with Crippen LogP contribution in [0.3, 0.4) is 0 Å². The highest BCUT2D eigenvalue weighted by atomic mass is 35.5. The molecule has 0 spiro atoms. The average molecular weight is 560 g/mol. The minimum absolute atomic E-state index is 0.223. The third-order valence-electron chi connectivity index (χ3n) is 8.34. The number of benzene rings is 1. The highest BCUT2D eigenvalue weighted by molar-refractivity contribution is 6.36. The molecule has 206 valence electrons. The Morgan fingerprint density at radius 2 is 1.85 bits per heavy atom. The van der Waals surface area contributed by atoms with Crippen LogP contribution in [0.1, 0.15) is 30.9 Å². The number of piperazine rings is 1. The fraction of sp³-hybridized carbons (Fsp3) is 0.519. The van der Waals surface area contributed by atoms with Crippen molar-refractivity contribution in [3.8, 4) is 12.1 Å². The van der Waals surface area contributed by atoms with Crippen molar-refractivity contribution in [3.05, 3.63) is 34.5 Å². The number of ether oxygens (including phenoxy) is 1. The van der Waals surface area contributed by atoms with Crippen molar-refractivity contribution < 1.29 is 4.74 Å². The minimum atomic E-state index is 0.223. The molecule has 13 heteroatoms. The van der Waals surface area contributed by atoms with E-state index in [0.29, 0.717) is 51.6 Å². The van der Waals surface area contributed by atoms with E-state index in [1.165, 1.54) is 6.20 Å². The van der Waals surface area contributed by atoms with E-state index in [1.54, 1.807) is 10.6 Å². The van der Waals surface area contributed by atoms with Crippen LogP contribution in [0.15, 0.2) is 18.3 Å². The van der Waals surface area contributed by atoms with Crippen molar-refractivity contribution >= 4 is 40.5 Å². The first-order valence-electron chi connectivity index (χ1n) is 13.8. The van der Waals surface area contributed by atoms with Crippen molar-refractivity contribution in [2.24, 2.45) is 0 Å². The van der Waals surface area contributed by atoms with Gasteiger partial charge in [0, 0.05) is 50.8 Å². The van der Waals surface area contributed by atoms with E-state index in [0.717, 1.165) is 64.5 Å². The third-order valence-corrected chi connectivity index (χ3v) is 8.74. The number of anilines is 4. The molecule has 0 unspecified atom stereocenters. The molecule has 4 fully saturated rings. The van der Waals surface area contributed by atoms with Gasteiger partial charge < -0.3 is 20.3 Å². The van der Waals surface area contributed by atoms with Gasteiger partial charge in [-0.25, -0.2) is 0 Å².